The lowest BCUT2D eigenvalue weighted by atomic mass is 10.1. The van der Waals surface area contributed by atoms with Gasteiger partial charge in [0.05, 0.1) is 24.3 Å². The summed E-state index contributed by atoms with van der Waals surface area (Å²) in [7, 11) is 0. The van der Waals surface area contributed by atoms with E-state index in [9.17, 15) is 9.59 Å². The van der Waals surface area contributed by atoms with Gasteiger partial charge in [-0.2, -0.15) is 0 Å². The molecule has 10 nitrogen and oxygen atoms in total. The van der Waals surface area contributed by atoms with Crippen LogP contribution in [0.4, 0.5) is 23.0 Å². The third-order valence-corrected chi connectivity index (χ3v) is 7.84. The van der Waals surface area contributed by atoms with Crippen LogP contribution in [-0.4, -0.2) is 78.7 Å². The van der Waals surface area contributed by atoms with Gasteiger partial charge >= 0.3 is 0 Å². The zero-order valence-corrected chi connectivity index (χ0v) is 22.5. The fraction of sp³-hybridized carbons (Fsp3) is 0.400. The molecule has 3 aliphatic rings. The Morgan fingerprint density at radius 2 is 1.70 bits per heavy atom. The summed E-state index contributed by atoms with van der Waals surface area (Å²) in [6.45, 7) is 5.25. The number of hydrogen-bond acceptors (Lipinski definition) is 8. The van der Waals surface area contributed by atoms with Gasteiger partial charge in [0.1, 0.15) is 0 Å². The maximum atomic E-state index is 12.7. The highest BCUT2D eigenvalue weighted by atomic mass is 16.5. The third-order valence-electron chi connectivity index (χ3n) is 7.84. The van der Waals surface area contributed by atoms with Crippen molar-refractivity contribution in [2.75, 3.05) is 61.5 Å². The van der Waals surface area contributed by atoms with Crippen LogP contribution in [0.25, 0.3) is 11.3 Å². The number of ether oxygens (including phenoxy) is 1. The van der Waals surface area contributed by atoms with Gasteiger partial charge in [0.15, 0.2) is 0 Å². The Kier molecular flexibility index (Phi) is 7.87. The van der Waals surface area contributed by atoms with Crippen molar-refractivity contribution in [2.45, 2.75) is 25.3 Å². The SMILES string of the molecule is O=C(Nc1ccc(-c2ccnc(Nc3ccc(N4CCN(C(=O)C5CCOC5)CC4)cc3)n2)cc1)[C@@H]1CCCN1. The minimum atomic E-state index is -0.109. The predicted octanol–water partition coefficient (Wildman–Crippen LogP) is 3.26. The molecule has 40 heavy (non-hydrogen) atoms. The maximum Gasteiger partial charge on any atom is 0.241 e. The summed E-state index contributed by atoms with van der Waals surface area (Å²) in [6, 6.07) is 17.7. The van der Waals surface area contributed by atoms with Gasteiger partial charge < -0.3 is 30.5 Å². The molecule has 1 unspecified atom stereocenters. The Labute approximate surface area is 234 Å². The Morgan fingerprint density at radius 1 is 0.925 bits per heavy atom. The number of carbonyl (C=O) groups is 2. The van der Waals surface area contributed by atoms with Gasteiger partial charge in [-0.25, -0.2) is 9.97 Å². The number of rotatable bonds is 7. The van der Waals surface area contributed by atoms with E-state index in [4.69, 9.17) is 4.74 Å². The number of nitrogens with zero attached hydrogens (tertiary/aromatic N) is 4. The summed E-state index contributed by atoms with van der Waals surface area (Å²) in [5, 5.41) is 9.50. The summed E-state index contributed by atoms with van der Waals surface area (Å²) in [5.74, 6) is 0.789. The number of aromatic nitrogens is 2. The molecule has 0 spiro atoms. The summed E-state index contributed by atoms with van der Waals surface area (Å²) < 4.78 is 5.39. The molecule has 0 aliphatic carbocycles. The Bertz CT molecular complexity index is 1310. The summed E-state index contributed by atoms with van der Waals surface area (Å²) >= 11 is 0. The summed E-state index contributed by atoms with van der Waals surface area (Å²) in [6.07, 6.45) is 4.48. The van der Waals surface area contributed by atoms with Crippen LogP contribution in [0.1, 0.15) is 19.3 Å². The zero-order chi connectivity index (χ0) is 27.3. The van der Waals surface area contributed by atoms with Crippen LogP contribution in [0.15, 0.2) is 60.8 Å². The van der Waals surface area contributed by atoms with Gasteiger partial charge in [-0.15, -0.1) is 0 Å². The van der Waals surface area contributed by atoms with E-state index in [0.29, 0.717) is 19.2 Å². The topological polar surface area (TPSA) is 112 Å². The van der Waals surface area contributed by atoms with Gasteiger partial charge in [-0.3, -0.25) is 9.59 Å². The zero-order valence-electron chi connectivity index (χ0n) is 22.5. The van der Waals surface area contributed by atoms with Crippen LogP contribution in [0.5, 0.6) is 0 Å². The molecule has 3 aliphatic heterocycles. The lowest BCUT2D eigenvalue weighted by Gasteiger charge is -2.37. The Balaban J connectivity index is 1.03. The molecular weight excluding hydrogens is 506 g/mol. The van der Waals surface area contributed by atoms with Crippen LogP contribution >= 0.6 is 0 Å². The standard InChI is InChI=1S/C30H35N7O3/c38-28(27-2-1-13-31-27)33-23-5-3-21(4-6-23)26-11-14-32-30(35-26)34-24-7-9-25(10-8-24)36-15-17-37(18-16-36)29(39)22-12-19-40-20-22/h3-11,14,22,27,31H,1-2,12-13,15-20H2,(H,33,38)(H,32,34,35)/t22?,27-/m0/s1. The fourth-order valence-corrected chi connectivity index (χ4v) is 5.50. The quantitative estimate of drug-likeness (QED) is 0.418. The first-order chi connectivity index (χ1) is 19.6. The first kappa shape index (κ1) is 26.2. The second kappa shape index (κ2) is 12.0. The lowest BCUT2D eigenvalue weighted by Crippen LogP contribution is -2.50. The smallest absolute Gasteiger partial charge is 0.241 e. The van der Waals surface area contributed by atoms with E-state index in [2.05, 4.69) is 43.0 Å². The summed E-state index contributed by atoms with van der Waals surface area (Å²) in [4.78, 5) is 38.4. The Morgan fingerprint density at radius 3 is 2.40 bits per heavy atom. The molecule has 2 aromatic carbocycles. The van der Waals surface area contributed by atoms with E-state index in [1.165, 1.54) is 0 Å². The molecule has 0 saturated carbocycles. The van der Waals surface area contributed by atoms with Crippen molar-refractivity contribution in [1.29, 1.82) is 0 Å². The lowest BCUT2D eigenvalue weighted by molar-refractivity contribution is -0.135. The largest absolute Gasteiger partial charge is 0.381 e. The van der Waals surface area contributed by atoms with Crippen LogP contribution < -0.4 is 20.9 Å². The second-order valence-corrected chi connectivity index (χ2v) is 10.5. The van der Waals surface area contributed by atoms with Crippen molar-refractivity contribution in [2.24, 2.45) is 5.92 Å². The van der Waals surface area contributed by atoms with Crippen molar-refractivity contribution >= 4 is 34.8 Å². The number of anilines is 4. The number of amides is 2. The van der Waals surface area contributed by atoms with Crippen molar-refractivity contribution < 1.29 is 14.3 Å². The number of benzene rings is 2. The number of carbonyl (C=O) groups excluding carboxylic acids is 2. The van der Waals surface area contributed by atoms with E-state index in [1.54, 1.807) is 6.20 Å². The highest BCUT2D eigenvalue weighted by Gasteiger charge is 2.30. The normalized spacial score (nSPS) is 20.9. The first-order valence-electron chi connectivity index (χ1n) is 14.1. The number of nitrogens with one attached hydrogen (secondary N) is 3. The minimum Gasteiger partial charge on any atom is -0.381 e. The molecular formula is C30H35N7O3. The molecule has 3 fully saturated rings. The van der Waals surface area contributed by atoms with Crippen molar-refractivity contribution in [3.05, 3.63) is 60.8 Å². The monoisotopic (exact) mass is 541 g/mol. The molecule has 4 heterocycles. The van der Waals surface area contributed by atoms with Crippen molar-refractivity contribution in [3.63, 3.8) is 0 Å². The van der Waals surface area contributed by atoms with Crippen molar-refractivity contribution in [1.82, 2.24) is 20.2 Å². The first-order valence-corrected chi connectivity index (χ1v) is 14.1. The van der Waals surface area contributed by atoms with E-state index >= 15 is 0 Å². The summed E-state index contributed by atoms with van der Waals surface area (Å²) in [5.41, 5.74) is 4.53. The predicted molar refractivity (Wildman–Crippen MR) is 155 cm³/mol. The highest BCUT2D eigenvalue weighted by molar-refractivity contribution is 5.95. The molecule has 208 valence electrons. The molecule has 3 saturated heterocycles. The van der Waals surface area contributed by atoms with Gasteiger partial charge in [-0.1, -0.05) is 12.1 Å². The van der Waals surface area contributed by atoms with E-state index in [1.807, 2.05) is 47.4 Å². The molecule has 6 rings (SSSR count). The third kappa shape index (κ3) is 6.08. The number of hydrogen-bond donors (Lipinski definition) is 3. The average molecular weight is 542 g/mol. The molecule has 0 bridgehead atoms. The van der Waals surface area contributed by atoms with Gasteiger partial charge in [-0.05, 0) is 68.3 Å². The van der Waals surface area contributed by atoms with Crippen LogP contribution in [0.3, 0.4) is 0 Å². The van der Waals surface area contributed by atoms with E-state index in [0.717, 1.165) is 80.3 Å². The van der Waals surface area contributed by atoms with Crippen LogP contribution in [-0.2, 0) is 14.3 Å². The molecule has 2 amide bonds. The van der Waals surface area contributed by atoms with Gasteiger partial charge in [0.25, 0.3) is 0 Å². The molecule has 2 atom stereocenters. The molecule has 3 aromatic rings. The molecule has 10 heteroatoms. The maximum absolute atomic E-state index is 12.7. The minimum absolute atomic E-state index is 0.0111. The van der Waals surface area contributed by atoms with Crippen LogP contribution in [0.2, 0.25) is 0 Å². The van der Waals surface area contributed by atoms with Crippen molar-refractivity contribution in [3.8, 4) is 11.3 Å². The molecule has 3 N–H and O–H groups in total. The van der Waals surface area contributed by atoms with Gasteiger partial charge in [0.2, 0.25) is 17.8 Å². The molecule has 0 radical (unpaired) electrons. The second-order valence-electron chi connectivity index (χ2n) is 10.5. The number of piperazine rings is 1. The average Bonchev–Trinajstić information content (AvgIpc) is 3.74. The fourth-order valence-electron chi connectivity index (χ4n) is 5.50. The van der Waals surface area contributed by atoms with E-state index < -0.39 is 0 Å². The van der Waals surface area contributed by atoms with E-state index in [-0.39, 0.29) is 23.8 Å². The van der Waals surface area contributed by atoms with Gasteiger partial charge in [0, 0.05) is 61.6 Å². The highest BCUT2D eigenvalue weighted by Crippen LogP contribution is 2.25. The molecule has 1 aromatic heterocycles. The Hall–Kier alpha value is -4.02. The van der Waals surface area contributed by atoms with Crippen LogP contribution in [0, 0.1) is 5.92 Å².